The first kappa shape index (κ1) is 15.4. The van der Waals surface area contributed by atoms with E-state index in [0.717, 1.165) is 21.7 Å². The van der Waals surface area contributed by atoms with Crippen molar-refractivity contribution in [3.8, 4) is 0 Å². The maximum Gasteiger partial charge on any atom is 0.126 e. The maximum atomic E-state index is 13.0. The van der Waals surface area contributed by atoms with Crippen molar-refractivity contribution < 1.29 is 4.39 Å². The molecule has 0 heterocycles. The molecule has 3 nitrogen and oxygen atoms in total. The Balaban J connectivity index is 2.32. The highest BCUT2D eigenvalue weighted by Gasteiger charge is 2.14. The molecule has 2 rings (SSSR count). The normalized spacial score (nSPS) is 10.4. The first-order valence-corrected chi connectivity index (χ1v) is 7.72. The van der Waals surface area contributed by atoms with Crippen molar-refractivity contribution in [2.24, 2.45) is 5.73 Å². The number of thioether (sulfide) groups is 1. The zero-order valence-corrected chi connectivity index (χ0v) is 12.9. The predicted octanol–water partition coefficient (Wildman–Crippen LogP) is 3.47. The Morgan fingerprint density at radius 2 is 1.90 bits per heavy atom. The van der Waals surface area contributed by atoms with Crippen LogP contribution in [0.3, 0.4) is 0 Å². The number of benzene rings is 2. The standard InChI is InChI=1S/C16H18FN3S/c1-20(10-11-6-8-12(17)9-7-11)13-4-3-5-14(21-2)15(13)16(18)19/h3-9H,10H2,1-2H3,(H3,18,19). The monoisotopic (exact) mass is 303 g/mol. The zero-order chi connectivity index (χ0) is 15.4. The van der Waals surface area contributed by atoms with Gasteiger partial charge in [0.1, 0.15) is 11.7 Å². The predicted molar refractivity (Wildman–Crippen MR) is 87.7 cm³/mol. The fourth-order valence-corrected chi connectivity index (χ4v) is 2.86. The van der Waals surface area contributed by atoms with Crippen LogP contribution in [0.2, 0.25) is 0 Å². The lowest BCUT2D eigenvalue weighted by Crippen LogP contribution is -2.22. The summed E-state index contributed by atoms with van der Waals surface area (Å²) < 4.78 is 13.0. The number of nitrogens with one attached hydrogen (secondary N) is 1. The van der Waals surface area contributed by atoms with Crippen molar-refractivity contribution in [1.29, 1.82) is 5.41 Å². The number of halogens is 1. The Morgan fingerprint density at radius 1 is 1.24 bits per heavy atom. The van der Waals surface area contributed by atoms with E-state index in [9.17, 15) is 4.39 Å². The molecule has 2 aromatic carbocycles. The minimum Gasteiger partial charge on any atom is -0.384 e. The van der Waals surface area contributed by atoms with Crippen LogP contribution >= 0.6 is 11.8 Å². The molecule has 2 aromatic rings. The van der Waals surface area contributed by atoms with Crippen molar-refractivity contribution in [3.05, 3.63) is 59.4 Å². The quantitative estimate of drug-likeness (QED) is 0.505. The van der Waals surface area contributed by atoms with Gasteiger partial charge in [-0.3, -0.25) is 5.41 Å². The van der Waals surface area contributed by atoms with Crippen molar-refractivity contribution in [3.63, 3.8) is 0 Å². The maximum absolute atomic E-state index is 13.0. The summed E-state index contributed by atoms with van der Waals surface area (Å²) in [7, 11) is 1.94. The average Bonchev–Trinajstić information content (AvgIpc) is 2.48. The van der Waals surface area contributed by atoms with Gasteiger partial charge < -0.3 is 10.6 Å². The lowest BCUT2D eigenvalue weighted by atomic mass is 10.1. The molecule has 0 aliphatic carbocycles. The summed E-state index contributed by atoms with van der Waals surface area (Å²) in [6.07, 6.45) is 1.96. The molecule has 0 aliphatic rings. The van der Waals surface area contributed by atoms with E-state index in [2.05, 4.69) is 0 Å². The molecule has 5 heteroatoms. The average molecular weight is 303 g/mol. The fourth-order valence-electron chi connectivity index (χ4n) is 2.23. The topological polar surface area (TPSA) is 53.1 Å². The Labute approximate surface area is 128 Å². The van der Waals surface area contributed by atoms with E-state index in [-0.39, 0.29) is 11.7 Å². The molecule has 0 saturated carbocycles. The van der Waals surface area contributed by atoms with E-state index >= 15 is 0 Å². The van der Waals surface area contributed by atoms with Gasteiger partial charge in [0.25, 0.3) is 0 Å². The Hall–Kier alpha value is -2.01. The van der Waals surface area contributed by atoms with E-state index in [1.165, 1.54) is 12.1 Å². The van der Waals surface area contributed by atoms with Crippen LogP contribution in [-0.2, 0) is 6.54 Å². The minimum atomic E-state index is -0.241. The van der Waals surface area contributed by atoms with Crippen molar-refractivity contribution in [2.75, 3.05) is 18.2 Å². The summed E-state index contributed by atoms with van der Waals surface area (Å²) in [5.41, 5.74) is 8.39. The largest absolute Gasteiger partial charge is 0.384 e. The molecular weight excluding hydrogens is 285 g/mol. The van der Waals surface area contributed by atoms with Crippen LogP contribution in [0.4, 0.5) is 10.1 Å². The highest BCUT2D eigenvalue weighted by atomic mass is 32.2. The smallest absolute Gasteiger partial charge is 0.126 e. The highest BCUT2D eigenvalue weighted by Crippen LogP contribution is 2.29. The summed E-state index contributed by atoms with van der Waals surface area (Å²) in [6, 6.07) is 12.3. The number of hydrogen-bond acceptors (Lipinski definition) is 3. The molecule has 0 atom stereocenters. The highest BCUT2D eigenvalue weighted by molar-refractivity contribution is 7.98. The fraction of sp³-hybridized carbons (Fsp3) is 0.188. The van der Waals surface area contributed by atoms with Gasteiger partial charge in [0.05, 0.1) is 5.56 Å². The molecule has 110 valence electrons. The van der Waals surface area contributed by atoms with Gasteiger partial charge >= 0.3 is 0 Å². The molecule has 0 amide bonds. The number of nitrogen functional groups attached to an aromatic ring is 1. The minimum absolute atomic E-state index is 0.0564. The third-order valence-corrected chi connectivity index (χ3v) is 4.02. The first-order chi connectivity index (χ1) is 10.0. The van der Waals surface area contributed by atoms with Gasteiger partial charge in [-0.05, 0) is 36.1 Å². The third-order valence-electron chi connectivity index (χ3n) is 3.24. The van der Waals surface area contributed by atoms with E-state index in [0.29, 0.717) is 6.54 Å². The van der Waals surface area contributed by atoms with Crippen molar-refractivity contribution in [1.82, 2.24) is 0 Å². The van der Waals surface area contributed by atoms with Gasteiger partial charge in [0.15, 0.2) is 0 Å². The number of nitrogens with zero attached hydrogens (tertiary/aromatic N) is 1. The molecule has 0 spiro atoms. The number of nitrogens with two attached hydrogens (primary N) is 1. The SMILES string of the molecule is CSc1cccc(N(C)Cc2ccc(F)cc2)c1C(=N)N. The molecule has 0 saturated heterocycles. The van der Waals surface area contributed by atoms with Gasteiger partial charge in [-0.25, -0.2) is 4.39 Å². The second-order valence-corrected chi connectivity index (χ2v) is 5.60. The molecule has 0 radical (unpaired) electrons. The van der Waals surface area contributed by atoms with Gasteiger partial charge in [-0.15, -0.1) is 11.8 Å². The Bertz CT molecular complexity index is 640. The van der Waals surface area contributed by atoms with E-state index < -0.39 is 0 Å². The summed E-state index contributed by atoms with van der Waals surface area (Å²) in [5.74, 6) is -0.184. The van der Waals surface area contributed by atoms with E-state index in [1.807, 2.05) is 36.4 Å². The van der Waals surface area contributed by atoms with Crippen LogP contribution in [0.1, 0.15) is 11.1 Å². The van der Waals surface area contributed by atoms with Crippen LogP contribution in [0.25, 0.3) is 0 Å². The van der Waals surface area contributed by atoms with Crippen molar-refractivity contribution >= 4 is 23.3 Å². The van der Waals surface area contributed by atoms with E-state index in [4.69, 9.17) is 11.1 Å². The third kappa shape index (κ3) is 3.55. The molecule has 0 bridgehead atoms. The summed E-state index contributed by atoms with van der Waals surface area (Å²) >= 11 is 1.57. The molecule has 0 aromatic heterocycles. The van der Waals surface area contributed by atoms with Crippen LogP contribution < -0.4 is 10.6 Å². The molecule has 0 aliphatic heterocycles. The van der Waals surface area contributed by atoms with Crippen molar-refractivity contribution in [2.45, 2.75) is 11.4 Å². The molecule has 0 unspecified atom stereocenters. The number of hydrogen-bond donors (Lipinski definition) is 2. The lowest BCUT2D eigenvalue weighted by molar-refractivity contribution is 0.627. The summed E-state index contributed by atoms with van der Waals surface area (Å²) in [4.78, 5) is 3.00. The van der Waals surface area contributed by atoms with Crippen LogP contribution in [0, 0.1) is 11.2 Å². The number of anilines is 1. The molecular formula is C16H18FN3S. The van der Waals surface area contributed by atoms with E-state index in [1.54, 1.807) is 23.9 Å². The second-order valence-electron chi connectivity index (χ2n) is 4.75. The zero-order valence-electron chi connectivity index (χ0n) is 12.1. The van der Waals surface area contributed by atoms with Gasteiger partial charge in [-0.1, -0.05) is 18.2 Å². The van der Waals surface area contributed by atoms with Gasteiger partial charge in [0.2, 0.25) is 0 Å². The van der Waals surface area contributed by atoms with Crippen LogP contribution in [0.5, 0.6) is 0 Å². The molecule has 21 heavy (non-hydrogen) atoms. The number of rotatable bonds is 5. The van der Waals surface area contributed by atoms with Gasteiger partial charge in [0, 0.05) is 24.2 Å². The molecule has 0 fully saturated rings. The lowest BCUT2D eigenvalue weighted by Gasteiger charge is -2.23. The Morgan fingerprint density at radius 3 is 2.48 bits per heavy atom. The first-order valence-electron chi connectivity index (χ1n) is 6.50. The molecule has 3 N–H and O–H groups in total. The Kier molecular flexibility index (Phi) is 4.85. The second kappa shape index (κ2) is 6.63. The number of amidine groups is 1. The van der Waals surface area contributed by atoms with Crippen LogP contribution in [0.15, 0.2) is 47.4 Å². The van der Waals surface area contributed by atoms with Gasteiger partial charge in [-0.2, -0.15) is 0 Å². The summed E-state index contributed by atoms with van der Waals surface area (Å²) in [6.45, 7) is 0.623. The summed E-state index contributed by atoms with van der Waals surface area (Å²) in [5, 5.41) is 7.81. The van der Waals surface area contributed by atoms with Crippen LogP contribution in [-0.4, -0.2) is 19.1 Å².